The number of rotatable bonds is 6. The molecule has 0 fully saturated rings. The molecule has 6 heteroatoms. The lowest BCUT2D eigenvalue weighted by Crippen LogP contribution is -2.41. The lowest BCUT2D eigenvalue weighted by molar-refractivity contribution is 0.0951. The van der Waals surface area contributed by atoms with E-state index in [1.807, 2.05) is 74.5 Å². The molecule has 1 aromatic heterocycles. The summed E-state index contributed by atoms with van der Waals surface area (Å²) < 4.78 is 2.99. The number of fused-ring (bicyclic) bond motifs is 1. The highest BCUT2D eigenvalue weighted by Gasteiger charge is 2.13. The number of hydrogen-bond donors (Lipinski definition) is 1. The van der Waals surface area contributed by atoms with E-state index >= 15 is 0 Å². The number of carbonyl (C=O) groups excluding carboxylic acids is 1. The Labute approximate surface area is 185 Å². The summed E-state index contributed by atoms with van der Waals surface area (Å²) in [7, 11) is 0. The molecule has 1 amide bonds. The molecule has 4 rings (SSSR count). The third-order valence-electron chi connectivity index (χ3n) is 5.58. The molecule has 0 radical (unpaired) electrons. The van der Waals surface area contributed by atoms with E-state index in [1.165, 1.54) is 14.7 Å². The molecule has 32 heavy (non-hydrogen) atoms. The van der Waals surface area contributed by atoms with Crippen molar-refractivity contribution in [2.45, 2.75) is 33.5 Å². The van der Waals surface area contributed by atoms with Gasteiger partial charge in [-0.2, -0.15) is 0 Å². The minimum absolute atomic E-state index is 0.162. The zero-order valence-electron chi connectivity index (χ0n) is 18.2. The number of benzene rings is 3. The Balaban J connectivity index is 1.54. The molecule has 4 aromatic rings. The average molecular weight is 428 g/mol. The summed E-state index contributed by atoms with van der Waals surface area (Å²) in [5.74, 6) is -0.162. The molecule has 0 spiro atoms. The van der Waals surface area contributed by atoms with Gasteiger partial charge in [-0.3, -0.25) is 19.0 Å². The normalized spacial score (nSPS) is 10.9. The lowest BCUT2D eigenvalue weighted by atomic mass is 10.1. The Morgan fingerprint density at radius 3 is 1.97 bits per heavy atom. The molecule has 0 aliphatic carbocycles. The van der Waals surface area contributed by atoms with Crippen LogP contribution in [0.5, 0.6) is 0 Å². The van der Waals surface area contributed by atoms with Gasteiger partial charge in [-0.25, -0.2) is 0 Å². The molecule has 3 aromatic carbocycles. The maximum absolute atomic E-state index is 12.7. The number of nitrogens with one attached hydrogen (secondary N) is 1. The van der Waals surface area contributed by atoms with Crippen molar-refractivity contribution in [1.29, 1.82) is 0 Å². The second-order valence-electron chi connectivity index (χ2n) is 7.79. The van der Waals surface area contributed by atoms with Gasteiger partial charge in [-0.15, -0.1) is 0 Å². The van der Waals surface area contributed by atoms with Crippen LogP contribution in [0.3, 0.4) is 0 Å². The Hall–Kier alpha value is -3.93. The largest absolute Gasteiger partial charge is 0.348 e. The molecule has 0 bridgehead atoms. The van der Waals surface area contributed by atoms with Crippen LogP contribution in [0.2, 0.25) is 0 Å². The van der Waals surface area contributed by atoms with Gasteiger partial charge in [0.15, 0.2) is 0 Å². The molecule has 0 aliphatic rings. The number of aryl methyl sites for hydroxylation is 2. The molecule has 0 atom stereocenters. The Morgan fingerprint density at radius 1 is 0.781 bits per heavy atom. The first kappa shape index (κ1) is 21.3. The van der Waals surface area contributed by atoms with Gasteiger partial charge in [0.1, 0.15) is 0 Å². The summed E-state index contributed by atoms with van der Waals surface area (Å²) in [6.45, 7) is 5.01. The van der Waals surface area contributed by atoms with Crippen molar-refractivity contribution in [2.75, 3.05) is 0 Å². The van der Waals surface area contributed by atoms with Gasteiger partial charge >= 0.3 is 11.1 Å². The van der Waals surface area contributed by atoms with Crippen molar-refractivity contribution in [2.24, 2.45) is 0 Å². The Bertz CT molecular complexity index is 1380. The fraction of sp³-hybridized carbons (Fsp3) is 0.192. The monoisotopic (exact) mass is 427 g/mol. The number of para-hydroxylation sites is 2. The zero-order chi connectivity index (χ0) is 22.7. The van der Waals surface area contributed by atoms with Gasteiger partial charge < -0.3 is 9.88 Å². The minimum atomic E-state index is -0.550. The first-order chi connectivity index (χ1) is 15.5. The molecular formula is C26H25N3O3. The van der Waals surface area contributed by atoms with Crippen LogP contribution in [0.15, 0.2) is 82.4 Å². The highest BCUT2D eigenvalue weighted by Crippen LogP contribution is 2.13. The Kier molecular flexibility index (Phi) is 6.03. The summed E-state index contributed by atoms with van der Waals surface area (Å²) in [5.41, 5.74) is 3.94. The highest BCUT2D eigenvalue weighted by atomic mass is 16.2. The van der Waals surface area contributed by atoms with E-state index in [-0.39, 0.29) is 12.5 Å². The standard InChI is InChI=1S/C26H25N3O3/c1-3-28-22-6-4-5-7-23(22)29(26(32)25(28)31)17-20-12-14-21(15-13-20)24(30)27-16-19-10-8-18(2)9-11-19/h4-15H,3,16-17H2,1-2H3,(H,27,30). The molecule has 0 saturated heterocycles. The Morgan fingerprint density at radius 2 is 1.34 bits per heavy atom. The summed E-state index contributed by atoms with van der Waals surface area (Å²) in [4.78, 5) is 37.8. The first-order valence-electron chi connectivity index (χ1n) is 10.6. The van der Waals surface area contributed by atoms with Gasteiger partial charge in [0.25, 0.3) is 5.91 Å². The van der Waals surface area contributed by atoms with Gasteiger partial charge in [-0.05, 0) is 49.2 Å². The maximum Gasteiger partial charge on any atom is 0.317 e. The van der Waals surface area contributed by atoms with E-state index < -0.39 is 11.1 Å². The molecule has 0 aliphatic heterocycles. The number of amides is 1. The first-order valence-corrected chi connectivity index (χ1v) is 10.6. The third-order valence-corrected chi connectivity index (χ3v) is 5.58. The van der Waals surface area contributed by atoms with E-state index in [2.05, 4.69) is 5.32 Å². The van der Waals surface area contributed by atoms with Crippen LogP contribution in [0.4, 0.5) is 0 Å². The van der Waals surface area contributed by atoms with Gasteiger partial charge in [0.2, 0.25) is 0 Å². The number of aromatic nitrogens is 2. The second kappa shape index (κ2) is 9.06. The smallest absolute Gasteiger partial charge is 0.317 e. The van der Waals surface area contributed by atoms with Crippen molar-refractivity contribution < 1.29 is 4.79 Å². The van der Waals surface area contributed by atoms with Gasteiger partial charge in [0.05, 0.1) is 17.6 Å². The molecule has 0 saturated carbocycles. The van der Waals surface area contributed by atoms with Crippen LogP contribution in [-0.4, -0.2) is 15.0 Å². The number of hydrogen-bond acceptors (Lipinski definition) is 3. The maximum atomic E-state index is 12.7. The van der Waals surface area contributed by atoms with Crippen molar-refractivity contribution in [3.63, 3.8) is 0 Å². The summed E-state index contributed by atoms with van der Waals surface area (Å²) in [6, 6.07) is 22.5. The van der Waals surface area contributed by atoms with Gasteiger partial charge in [0, 0.05) is 18.7 Å². The molecular weight excluding hydrogens is 402 g/mol. The SMILES string of the molecule is CCn1c(=O)c(=O)n(Cc2ccc(C(=O)NCc3ccc(C)cc3)cc2)c2ccccc21. The van der Waals surface area contributed by atoms with Crippen molar-refractivity contribution in [3.05, 3.63) is 116 Å². The number of carbonyl (C=O) groups is 1. The zero-order valence-corrected chi connectivity index (χ0v) is 18.2. The molecule has 162 valence electrons. The fourth-order valence-electron chi connectivity index (χ4n) is 3.78. The van der Waals surface area contributed by atoms with E-state index in [0.29, 0.717) is 24.2 Å². The highest BCUT2D eigenvalue weighted by molar-refractivity contribution is 5.94. The third kappa shape index (κ3) is 4.25. The van der Waals surface area contributed by atoms with Crippen LogP contribution in [0, 0.1) is 6.92 Å². The number of nitrogens with zero attached hydrogens (tertiary/aromatic N) is 2. The second-order valence-corrected chi connectivity index (χ2v) is 7.79. The van der Waals surface area contributed by atoms with Crippen molar-refractivity contribution in [3.8, 4) is 0 Å². The van der Waals surface area contributed by atoms with Crippen LogP contribution in [0.25, 0.3) is 11.0 Å². The van der Waals surface area contributed by atoms with Crippen LogP contribution in [0.1, 0.15) is 34.0 Å². The fourth-order valence-corrected chi connectivity index (χ4v) is 3.78. The minimum Gasteiger partial charge on any atom is -0.348 e. The van der Waals surface area contributed by atoms with Crippen molar-refractivity contribution >= 4 is 16.9 Å². The predicted molar refractivity (Wildman–Crippen MR) is 126 cm³/mol. The van der Waals surface area contributed by atoms with Crippen LogP contribution in [-0.2, 0) is 19.6 Å². The predicted octanol–water partition coefficient (Wildman–Crippen LogP) is 3.47. The lowest BCUT2D eigenvalue weighted by Gasteiger charge is -2.14. The summed E-state index contributed by atoms with van der Waals surface area (Å²) in [6.07, 6.45) is 0. The van der Waals surface area contributed by atoms with Gasteiger partial charge in [-0.1, -0.05) is 54.1 Å². The van der Waals surface area contributed by atoms with Crippen molar-refractivity contribution in [1.82, 2.24) is 14.5 Å². The van der Waals surface area contributed by atoms with E-state index in [1.54, 1.807) is 12.1 Å². The molecule has 1 N–H and O–H groups in total. The van der Waals surface area contributed by atoms with E-state index in [0.717, 1.165) is 16.6 Å². The molecule has 6 nitrogen and oxygen atoms in total. The average Bonchev–Trinajstić information content (AvgIpc) is 2.82. The quantitative estimate of drug-likeness (QED) is 0.479. The summed E-state index contributed by atoms with van der Waals surface area (Å²) in [5, 5.41) is 2.92. The molecule has 1 heterocycles. The van der Waals surface area contributed by atoms with Crippen LogP contribution < -0.4 is 16.4 Å². The topological polar surface area (TPSA) is 73.1 Å². The summed E-state index contributed by atoms with van der Waals surface area (Å²) >= 11 is 0. The van der Waals surface area contributed by atoms with Crippen LogP contribution >= 0.6 is 0 Å². The van der Waals surface area contributed by atoms with E-state index in [9.17, 15) is 14.4 Å². The van der Waals surface area contributed by atoms with E-state index in [4.69, 9.17) is 0 Å². The molecule has 0 unspecified atom stereocenters.